The van der Waals surface area contributed by atoms with Gasteiger partial charge < -0.3 is 10.1 Å². The second kappa shape index (κ2) is 6.17. The summed E-state index contributed by atoms with van der Waals surface area (Å²) in [6, 6.07) is 12.4. The minimum atomic E-state index is -0.232. The van der Waals surface area contributed by atoms with Crippen molar-refractivity contribution in [2.24, 2.45) is 0 Å². The fourth-order valence-corrected chi connectivity index (χ4v) is 2.63. The Labute approximate surface area is 120 Å². The Kier molecular flexibility index (Phi) is 4.56. The second-order valence-corrected chi connectivity index (χ2v) is 4.98. The highest BCUT2D eigenvalue weighted by Crippen LogP contribution is 2.31. The number of benzene rings is 2. The molecule has 4 heteroatoms. The summed E-state index contributed by atoms with van der Waals surface area (Å²) < 4.78 is 19.9. The zero-order valence-corrected chi connectivity index (χ0v) is 12.4. The number of nitrogens with one attached hydrogen (secondary N) is 1. The van der Waals surface area contributed by atoms with E-state index in [1.54, 1.807) is 13.2 Å². The third-order valence-corrected chi connectivity index (χ3v) is 3.72. The van der Waals surface area contributed by atoms with Crippen molar-refractivity contribution in [1.82, 2.24) is 5.32 Å². The Morgan fingerprint density at radius 1 is 1.16 bits per heavy atom. The Hall–Kier alpha value is -1.39. The molecule has 0 heterocycles. The van der Waals surface area contributed by atoms with Crippen molar-refractivity contribution >= 4 is 15.9 Å². The van der Waals surface area contributed by atoms with Crippen LogP contribution in [0.1, 0.15) is 17.2 Å². The van der Waals surface area contributed by atoms with Crippen molar-refractivity contribution in [3.63, 3.8) is 0 Å². The molecule has 0 fully saturated rings. The summed E-state index contributed by atoms with van der Waals surface area (Å²) in [5.41, 5.74) is 1.59. The van der Waals surface area contributed by atoms with Gasteiger partial charge in [-0.05, 0) is 36.9 Å². The van der Waals surface area contributed by atoms with Gasteiger partial charge in [-0.1, -0.05) is 34.1 Å². The molecule has 0 aliphatic rings. The molecule has 0 saturated carbocycles. The van der Waals surface area contributed by atoms with Gasteiger partial charge in [0.2, 0.25) is 0 Å². The number of rotatable bonds is 4. The van der Waals surface area contributed by atoms with E-state index in [4.69, 9.17) is 4.74 Å². The highest BCUT2D eigenvalue weighted by atomic mass is 79.9. The maximum absolute atomic E-state index is 14.0. The lowest BCUT2D eigenvalue weighted by Gasteiger charge is -2.19. The van der Waals surface area contributed by atoms with Crippen LogP contribution in [0.5, 0.6) is 5.75 Å². The molecule has 0 radical (unpaired) electrons. The number of hydrogen-bond donors (Lipinski definition) is 1. The predicted molar refractivity (Wildman–Crippen MR) is 78.0 cm³/mol. The van der Waals surface area contributed by atoms with Crippen LogP contribution in [0.2, 0.25) is 0 Å². The minimum Gasteiger partial charge on any atom is -0.497 e. The molecular weight excluding hydrogens is 309 g/mol. The molecule has 2 aromatic carbocycles. The smallest absolute Gasteiger partial charge is 0.129 e. The van der Waals surface area contributed by atoms with E-state index < -0.39 is 0 Å². The third kappa shape index (κ3) is 2.96. The van der Waals surface area contributed by atoms with Gasteiger partial charge in [-0.2, -0.15) is 0 Å². The Morgan fingerprint density at radius 3 is 2.37 bits per heavy atom. The molecule has 1 N–H and O–H groups in total. The van der Waals surface area contributed by atoms with Crippen LogP contribution in [-0.4, -0.2) is 14.2 Å². The van der Waals surface area contributed by atoms with E-state index in [0.717, 1.165) is 15.8 Å². The molecule has 0 spiro atoms. The zero-order valence-electron chi connectivity index (χ0n) is 10.8. The van der Waals surface area contributed by atoms with Crippen molar-refractivity contribution in [2.75, 3.05) is 14.2 Å². The molecule has 0 amide bonds. The van der Waals surface area contributed by atoms with Crippen LogP contribution in [-0.2, 0) is 0 Å². The van der Waals surface area contributed by atoms with E-state index >= 15 is 0 Å². The SMILES string of the molecule is CNC(c1ccc(OC)cc1)c1c(F)cccc1Br. The summed E-state index contributed by atoms with van der Waals surface area (Å²) in [4.78, 5) is 0. The summed E-state index contributed by atoms with van der Waals surface area (Å²) in [5.74, 6) is 0.552. The average Bonchev–Trinajstić information content (AvgIpc) is 2.43. The Bertz CT molecular complexity index is 536. The topological polar surface area (TPSA) is 21.3 Å². The number of ether oxygens (including phenoxy) is 1. The molecule has 0 aliphatic carbocycles. The van der Waals surface area contributed by atoms with Gasteiger partial charge in [0, 0.05) is 10.0 Å². The lowest BCUT2D eigenvalue weighted by molar-refractivity contribution is 0.414. The summed E-state index contributed by atoms with van der Waals surface area (Å²) in [6.07, 6.45) is 0. The maximum atomic E-state index is 14.0. The average molecular weight is 324 g/mol. The summed E-state index contributed by atoms with van der Waals surface area (Å²) in [6.45, 7) is 0. The quantitative estimate of drug-likeness (QED) is 0.921. The van der Waals surface area contributed by atoms with Gasteiger partial charge in [0.25, 0.3) is 0 Å². The van der Waals surface area contributed by atoms with E-state index in [1.807, 2.05) is 37.4 Å². The van der Waals surface area contributed by atoms with Crippen molar-refractivity contribution in [2.45, 2.75) is 6.04 Å². The summed E-state index contributed by atoms with van der Waals surface area (Å²) >= 11 is 3.41. The Balaban J connectivity index is 2.44. The standard InChI is InChI=1S/C15H15BrFNO/c1-18-15(10-6-8-11(19-2)9-7-10)14-12(16)4-3-5-13(14)17/h3-9,15,18H,1-2H3. The molecule has 0 saturated heterocycles. The van der Waals surface area contributed by atoms with Crippen molar-refractivity contribution in [3.05, 3.63) is 63.9 Å². The molecule has 0 bridgehead atoms. The Morgan fingerprint density at radius 2 is 1.84 bits per heavy atom. The molecule has 19 heavy (non-hydrogen) atoms. The van der Waals surface area contributed by atoms with E-state index in [2.05, 4.69) is 21.2 Å². The normalized spacial score (nSPS) is 12.2. The molecular formula is C15H15BrFNO. The van der Waals surface area contributed by atoms with Crippen LogP contribution in [0.3, 0.4) is 0 Å². The van der Waals surface area contributed by atoms with Crippen LogP contribution in [0.4, 0.5) is 4.39 Å². The number of halogens is 2. The van der Waals surface area contributed by atoms with Crippen molar-refractivity contribution in [3.8, 4) is 5.75 Å². The van der Waals surface area contributed by atoms with E-state index in [1.165, 1.54) is 6.07 Å². The minimum absolute atomic E-state index is 0.207. The molecule has 1 unspecified atom stereocenters. The molecule has 2 nitrogen and oxygen atoms in total. The fraction of sp³-hybridized carbons (Fsp3) is 0.200. The van der Waals surface area contributed by atoms with E-state index in [0.29, 0.717) is 5.56 Å². The van der Waals surface area contributed by atoms with Crippen molar-refractivity contribution in [1.29, 1.82) is 0 Å². The highest BCUT2D eigenvalue weighted by molar-refractivity contribution is 9.10. The molecule has 0 aromatic heterocycles. The van der Waals surface area contributed by atoms with E-state index in [-0.39, 0.29) is 11.9 Å². The van der Waals surface area contributed by atoms with Crippen LogP contribution in [0.25, 0.3) is 0 Å². The maximum Gasteiger partial charge on any atom is 0.129 e. The zero-order chi connectivity index (χ0) is 13.8. The first-order valence-corrected chi connectivity index (χ1v) is 6.71. The monoisotopic (exact) mass is 323 g/mol. The third-order valence-electron chi connectivity index (χ3n) is 3.03. The summed E-state index contributed by atoms with van der Waals surface area (Å²) in [7, 11) is 3.44. The van der Waals surface area contributed by atoms with Gasteiger partial charge in [0.1, 0.15) is 11.6 Å². The largest absolute Gasteiger partial charge is 0.497 e. The first kappa shape index (κ1) is 14.0. The molecule has 100 valence electrons. The molecule has 0 aliphatic heterocycles. The van der Waals surface area contributed by atoms with E-state index in [9.17, 15) is 4.39 Å². The number of methoxy groups -OCH3 is 1. The van der Waals surface area contributed by atoms with Gasteiger partial charge in [0.15, 0.2) is 0 Å². The van der Waals surface area contributed by atoms with Gasteiger partial charge in [-0.25, -0.2) is 4.39 Å². The molecule has 2 aromatic rings. The lowest BCUT2D eigenvalue weighted by atomic mass is 9.98. The van der Waals surface area contributed by atoms with Crippen molar-refractivity contribution < 1.29 is 9.13 Å². The van der Waals surface area contributed by atoms with Crippen LogP contribution >= 0.6 is 15.9 Å². The van der Waals surface area contributed by atoms with Crippen LogP contribution < -0.4 is 10.1 Å². The highest BCUT2D eigenvalue weighted by Gasteiger charge is 2.18. The second-order valence-electron chi connectivity index (χ2n) is 4.13. The number of hydrogen-bond acceptors (Lipinski definition) is 2. The van der Waals surface area contributed by atoms with Gasteiger partial charge >= 0.3 is 0 Å². The van der Waals surface area contributed by atoms with Crippen LogP contribution in [0.15, 0.2) is 46.9 Å². The first-order valence-electron chi connectivity index (χ1n) is 5.92. The predicted octanol–water partition coefficient (Wildman–Crippen LogP) is 3.91. The summed E-state index contributed by atoms with van der Waals surface area (Å²) in [5, 5.41) is 3.14. The van der Waals surface area contributed by atoms with Gasteiger partial charge in [0.05, 0.1) is 13.2 Å². The fourth-order valence-electron chi connectivity index (χ4n) is 2.06. The van der Waals surface area contributed by atoms with Crippen LogP contribution in [0, 0.1) is 5.82 Å². The molecule has 2 rings (SSSR count). The molecule has 1 atom stereocenters. The lowest BCUT2D eigenvalue weighted by Crippen LogP contribution is -2.19. The first-order chi connectivity index (χ1) is 9.17. The van der Waals surface area contributed by atoms with Gasteiger partial charge in [-0.3, -0.25) is 0 Å². The van der Waals surface area contributed by atoms with Gasteiger partial charge in [-0.15, -0.1) is 0 Å².